The van der Waals surface area contributed by atoms with E-state index in [1.807, 2.05) is 41.8 Å². The third-order valence-electron chi connectivity index (χ3n) is 2.42. The largest absolute Gasteiger partial charge is 0.358 e. The summed E-state index contributed by atoms with van der Waals surface area (Å²) in [5.41, 5.74) is 0.999. The fourth-order valence-corrected chi connectivity index (χ4v) is 2.38. The summed E-state index contributed by atoms with van der Waals surface area (Å²) in [6.45, 7) is 1.89. The monoisotopic (exact) mass is 262 g/mol. The molecule has 0 saturated carbocycles. The Bertz CT molecular complexity index is 538. The quantitative estimate of drug-likeness (QED) is 0.846. The van der Waals surface area contributed by atoms with Gasteiger partial charge in [-0.3, -0.25) is 9.36 Å². The summed E-state index contributed by atoms with van der Waals surface area (Å²) in [4.78, 5) is 11.3. The second-order valence-corrected chi connectivity index (χ2v) is 4.61. The average molecular weight is 262 g/mol. The second kappa shape index (κ2) is 5.68. The van der Waals surface area contributed by atoms with Crippen LogP contribution in [-0.4, -0.2) is 33.5 Å². The van der Waals surface area contributed by atoms with Gasteiger partial charge in [0.25, 0.3) is 0 Å². The first-order valence-corrected chi connectivity index (χ1v) is 6.51. The number of aromatic nitrogens is 3. The van der Waals surface area contributed by atoms with Crippen LogP contribution in [0.5, 0.6) is 0 Å². The standard InChI is InChI=1S/C12H14N4OS/c1-9-14-15-12(18-8-11(17)13-2)16(9)10-6-4-3-5-7-10/h3-7H,8H2,1-2H3,(H,13,17). The number of hydrogen-bond donors (Lipinski definition) is 1. The molecule has 6 heteroatoms. The summed E-state index contributed by atoms with van der Waals surface area (Å²) < 4.78 is 1.94. The molecule has 0 unspecified atom stereocenters. The highest BCUT2D eigenvalue weighted by atomic mass is 32.2. The molecule has 0 atom stereocenters. The maximum Gasteiger partial charge on any atom is 0.230 e. The minimum Gasteiger partial charge on any atom is -0.358 e. The smallest absolute Gasteiger partial charge is 0.230 e. The van der Waals surface area contributed by atoms with Crippen molar-refractivity contribution in [2.24, 2.45) is 0 Å². The van der Waals surface area contributed by atoms with E-state index in [2.05, 4.69) is 15.5 Å². The minimum atomic E-state index is -0.0275. The Kier molecular flexibility index (Phi) is 3.99. The summed E-state index contributed by atoms with van der Waals surface area (Å²) in [6.07, 6.45) is 0. The van der Waals surface area contributed by atoms with Crippen LogP contribution >= 0.6 is 11.8 Å². The van der Waals surface area contributed by atoms with Gasteiger partial charge in [-0.1, -0.05) is 30.0 Å². The highest BCUT2D eigenvalue weighted by Crippen LogP contribution is 2.21. The van der Waals surface area contributed by atoms with Gasteiger partial charge in [0.2, 0.25) is 5.91 Å². The fraction of sp³-hybridized carbons (Fsp3) is 0.250. The van der Waals surface area contributed by atoms with Gasteiger partial charge in [-0.15, -0.1) is 10.2 Å². The number of carbonyl (C=O) groups is 1. The number of benzene rings is 1. The van der Waals surface area contributed by atoms with Crippen molar-refractivity contribution in [3.05, 3.63) is 36.2 Å². The van der Waals surface area contributed by atoms with Gasteiger partial charge in [0.1, 0.15) is 5.82 Å². The molecule has 0 radical (unpaired) electrons. The first-order valence-electron chi connectivity index (χ1n) is 5.53. The number of nitrogens with zero attached hydrogens (tertiary/aromatic N) is 3. The molecular formula is C12H14N4OS. The van der Waals surface area contributed by atoms with Gasteiger partial charge >= 0.3 is 0 Å². The van der Waals surface area contributed by atoms with Crippen LogP contribution in [0.3, 0.4) is 0 Å². The van der Waals surface area contributed by atoms with E-state index in [1.54, 1.807) is 7.05 Å². The van der Waals surface area contributed by atoms with E-state index in [0.29, 0.717) is 5.75 Å². The Morgan fingerprint density at radius 1 is 1.33 bits per heavy atom. The Hall–Kier alpha value is -1.82. The van der Waals surface area contributed by atoms with Crippen molar-refractivity contribution < 1.29 is 4.79 Å². The summed E-state index contributed by atoms with van der Waals surface area (Å²) >= 11 is 1.37. The van der Waals surface area contributed by atoms with Crippen molar-refractivity contribution in [1.82, 2.24) is 20.1 Å². The second-order valence-electron chi connectivity index (χ2n) is 3.66. The molecule has 1 amide bonds. The van der Waals surface area contributed by atoms with Gasteiger partial charge in [0.15, 0.2) is 5.16 Å². The molecule has 2 rings (SSSR count). The molecular weight excluding hydrogens is 248 g/mol. The molecule has 5 nitrogen and oxygen atoms in total. The van der Waals surface area contributed by atoms with Gasteiger partial charge < -0.3 is 5.32 Å². The molecule has 18 heavy (non-hydrogen) atoms. The van der Waals surface area contributed by atoms with Crippen LogP contribution in [-0.2, 0) is 4.79 Å². The zero-order valence-electron chi connectivity index (χ0n) is 10.3. The van der Waals surface area contributed by atoms with Crippen molar-refractivity contribution in [1.29, 1.82) is 0 Å². The predicted molar refractivity (Wildman–Crippen MR) is 70.9 cm³/mol. The lowest BCUT2D eigenvalue weighted by molar-refractivity contribution is -0.118. The number of para-hydroxylation sites is 1. The number of hydrogen-bond acceptors (Lipinski definition) is 4. The summed E-state index contributed by atoms with van der Waals surface area (Å²) in [5.74, 6) is 1.11. The summed E-state index contributed by atoms with van der Waals surface area (Å²) in [5, 5.41) is 11.5. The third kappa shape index (κ3) is 2.70. The van der Waals surface area contributed by atoms with Gasteiger partial charge in [0, 0.05) is 12.7 Å². The predicted octanol–water partition coefficient (Wildman–Crippen LogP) is 1.41. The lowest BCUT2D eigenvalue weighted by Gasteiger charge is -2.07. The Labute approximate surface area is 110 Å². The Morgan fingerprint density at radius 2 is 2.06 bits per heavy atom. The highest BCUT2D eigenvalue weighted by Gasteiger charge is 2.12. The number of rotatable bonds is 4. The first-order chi connectivity index (χ1) is 8.72. The summed E-state index contributed by atoms with van der Waals surface area (Å²) in [6, 6.07) is 9.85. The first kappa shape index (κ1) is 12.6. The van der Waals surface area contributed by atoms with E-state index in [9.17, 15) is 4.79 Å². The molecule has 94 valence electrons. The average Bonchev–Trinajstić information content (AvgIpc) is 2.78. The Balaban J connectivity index is 2.25. The zero-order valence-corrected chi connectivity index (χ0v) is 11.1. The molecule has 0 spiro atoms. The van der Waals surface area contributed by atoms with E-state index in [4.69, 9.17) is 0 Å². The minimum absolute atomic E-state index is 0.0275. The molecule has 2 aromatic rings. The van der Waals surface area contributed by atoms with Crippen molar-refractivity contribution in [2.45, 2.75) is 12.1 Å². The van der Waals surface area contributed by atoms with Gasteiger partial charge in [-0.05, 0) is 19.1 Å². The SMILES string of the molecule is CNC(=O)CSc1nnc(C)n1-c1ccccc1. The molecule has 0 bridgehead atoms. The van der Waals surface area contributed by atoms with Crippen molar-refractivity contribution in [2.75, 3.05) is 12.8 Å². The maximum atomic E-state index is 11.3. The van der Waals surface area contributed by atoms with E-state index >= 15 is 0 Å². The van der Waals surface area contributed by atoms with Crippen LogP contribution in [0.4, 0.5) is 0 Å². The fourth-order valence-electron chi connectivity index (χ4n) is 1.51. The van der Waals surface area contributed by atoms with Crippen LogP contribution in [0.25, 0.3) is 5.69 Å². The number of amides is 1. The lowest BCUT2D eigenvalue weighted by Crippen LogP contribution is -2.20. The molecule has 0 aliphatic carbocycles. The molecule has 1 heterocycles. The van der Waals surface area contributed by atoms with Gasteiger partial charge in [0.05, 0.1) is 5.75 Å². The summed E-state index contributed by atoms with van der Waals surface area (Å²) in [7, 11) is 1.62. The van der Waals surface area contributed by atoms with Gasteiger partial charge in [-0.2, -0.15) is 0 Å². The van der Waals surface area contributed by atoms with Gasteiger partial charge in [-0.25, -0.2) is 0 Å². The van der Waals surface area contributed by atoms with Crippen molar-refractivity contribution in [3.8, 4) is 5.69 Å². The number of aryl methyl sites for hydroxylation is 1. The molecule has 1 N–H and O–H groups in total. The zero-order chi connectivity index (χ0) is 13.0. The normalized spacial score (nSPS) is 10.3. The Morgan fingerprint density at radius 3 is 2.72 bits per heavy atom. The highest BCUT2D eigenvalue weighted by molar-refractivity contribution is 7.99. The van der Waals surface area contributed by atoms with E-state index in [1.165, 1.54) is 11.8 Å². The van der Waals surface area contributed by atoms with Crippen LogP contribution < -0.4 is 5.32 Å². The molecule has 1 aromatic carbocycles. The van der Waals surface area contributed by atoms with Crippen LogP contribution in [0.1, 0.15) is 5.82 Å². The van der Waals surface area contributed by atoms with Crippen LogP contribution in [0.15, 0.2) is 35.5 Å². The molecule has 0 saturated heterocycles. The molecule has 0 aliphatic rings. The van der Waals surface area contributed by atoms with E-state index in [-0.39, 0.29) is 5.91 Å². The maximum absolute atomic E-state index is 11.3. The number of carbonyl (C=O) groups excluding carboxylic acids is 1. The van der Waals surface area contributed by atoms with Crippen LogP contribution in [0, 0.1) is 6.92 Å². The molecule has 1 aromatic heterocycles. The number of nitrogens with one attached hydrogen (secondary N) is 1. The van der Waals surface area contributed by atoms with Crippen molar-refractivity contribution in [3.63, 3.8) is 0 Å². The van der Waals surface area contributed by atoms with Crippen molar-refractivity contribution >= 4 is 17.7 Å². The molecule has 0 fully saturated rings. The topological polar surface area (TPSA) is 59.8 Å². The van der Waals surface area contributed by atoms with E-state index in [0.717, 1.165) is 16.7 Å². The number of thioether (sulfide) groups is 1. The van der Waals surface area contributed by atoms with E-state index < -0.39 is 0 Å². The third-order valence-corrected chi connectivity index (χ3v) is 3.35. The van der Waals surface area contributed by atoms with Crippen LogP contribution in [0.2, 0.25) is 0 Å². The lowest BCUT2D eigenvalue weighted by atomic mass is 10.3. The molecule has 0 aliphatic heterocycles.